The summed E-state index contributed by atoms with van der Waals surface area (Å²) in [6.07, 6.45) is 5.64. The van der Waals surface area contributed by atoms with Gasteiger partial charge in [-0.25, -0.2) is 4.98 Å². The van der Waals surface area contributed by atoms with Gasteiger partial charge in [-0.05, 0) is 47.5 Å². The molecule has 0 saturated carbocycles. The van der Waals surface area contributed by atoms with E-state index in [0.29, 0.717) is 22.6 Å². The Morgan fingerprint density at radius 2 is 1.91 bits per heavy atom. The van der Waals surface area contributed by atoms with Gasteiger partial charge in [0.25, 0.3) is 0 Å². The summed E-state index contributed by atoms with van der Waals surface area (Å²) in [7, 11) is 0. The average molecular weight is 441 g/mol. The lowest BCUT2D eigenvalue weighted by atomic mass is 10.0. The van der Waals surface area contributed by atoms with E-state index >= 15 is 0 Å². The molecule has 0 radical (unpaired) electrons. The molecule has 1 amide bonds. The number of nitrogens with one attached hydrogen (secondary N) is 1. The average Bonchev–Trinajstić information content (AvgIpc) is 3.35. The van der Waals surface area contributed by atoms with E-state index in [1.54, 1.807) is 12.5 Å². The zero-order chi connectivity index (χ0) is 23.3. The summed E-state index contributed by atoms with van der Waals surface area (Å²) in [4.78, 5) is 21.7. The van der Waals surface area contributed by atoms with Crippen LogP contribution < -0.4 is 5.32 Å². The van der Waals surface area contributed by atoms with E-state index in [1.807, 2.05) is 77.5 Å². The fourth-order valence-electron chi connectivity index (χ4n) is 3.79. The quantitative estimate of drug-likeness (QED) is 0.464. The molecule has 0 unspecified atom stereocenters. The molecular weight excluding hydrogens is 422 g/mol. The first kappa shape index (κ1) is 20.9. The number of hydrogen-bond acceptors (Lipinski definition) is 4. The number of hydrogen-bond donors (Lipinski definition) is 1. The maximum atomic E-state index is 12.7. The minimum absolute atomic E-state index is 0.140. The first-order valence-electron chi connectivity index (χ1n) is 10.8. The summed E-state index contributed by atoms with van der Waals surface area (Å²) in [6.45, 7) is 0. The highest BCUT2D eigenvalue weighted by Gasteiger charge is 2.19. The normalized spacial score (nSPS) is 12.3. The Hall–Kier alpha value is -4.94. The van der Waals surface area contributed by atoms with E-state index in [-0.39, 0.29) is 18.7 Å². The molecule has 1 N–H and O–H groups in total. The molecule has 6 heteroatoms. The van der Waals surface area contributed by atoms with Crippen molar-refractivity contribution >= 4 is 23.0 Å². The Balaban J connectivity index is 1.57. The third-order valence-electron chi connectivity index (χ3n) is 5.45. The number of amides is 1. The Labute approximate surface area is 197 Å². The number of nitrogens with zero attached hydrogens (tertiary/aromatic N) is 4. The molecule has 6 nitrogen and oxygen atoms in total. The molecule has 0 saturated heterocycles. The van der Waals surface area contributed by atoms with Gasteiger partial charge >= 0.3 is 0 Å². The van der Waals surface area contributed by atoms with Gasteiger partial charge < -0.3 is 9.88 Å². The molecule has 2 heterocycles. The molecule has 0 fully saturated rings. The second kappa shape index (κ2) is 9.28. The van der Waals surface area contributed by atoms with Crippen LogP contribution >= 0.6 is 0 Å². The number of nitriles is 1. The van der Waals surface area contributed by atoms with Gasteiger partial charge in [-0.2, -0.15) is 5.26 Å². The van der Waals surface area contributed by atoms with Gasteiger partial charge in [-0.3, -0.25) is 9.79 Å². The first-order valence-corrected chi connectivity index (χ1v) is 10.8. The second-order valence-corrected chi connectivity index (χ2v) is 7.78. The largest absolute Gasteiger partial charge is 0.324 e. The van der Waals surface area contributed by atoms with E-state index in [4.69, 9.17) is 4.99 Å². The maximum Gasteiger partial charge on any atom is 0.230 e. The Morgan fingerprint density at radius 1 is 1.03 bits per heavy atom. The lowest BCUT2D eigenvalue weighted by Gasteiger charge is -2.09. The van der Waals surface area contributed by atoms with Crippen LogP contribution in [0.2, 0.25) is 0 Å². The van der Waals surface area contributed by atoms with Crippen LogP contribution in [0, 0.1) is 23.2 Å². The summed E-state index contributed by atoms with van der Waals surface area (Å²) in [5.41, 5.74) is 5.99. The number of rotatable bonds is 3. The summed E-state index contributed by atoms with van der Waals surface area (Å²) in [6, 6.07) is 23.3. The molecule has 34 heavy (non-hydrogen) atoms. The number of fused-ring (bicyclic) bond motifs is 1. The first-order chi connectivity index (χ1) is 16.7. The van der Waals surface area contributed by atoms with E-state index in [0.717, 1.165) is 22.4 Å². The van der Waals surface area contributed by atoms with E-state index < -0.39 is 0 Å². The number of aromatic nitrogens is 2. The number of anilines is 1. The van der Waals surface area contributed by atoms with Gasteiger partial charge in [0, 0.05) is 29.2 Å². The number of carbonyl (C=O) groups excluding carboxylic acids is 1. The fraction of sp³-hybridized carbons (Fsp3) is 0.0714. The van der Waals surface area contributed by atoms with Crippen molar-refractivity contribution in [1.82, 2.24) is 9.55 Å². The molecule has 3 aromatic carbocycles. The van der Waals surface area contributed by atoms with Crippen molar-refractivity contribution in [2.24, 2.45) is 4.99 Å². The molecule has 1 aliphatic heterocycles. The monoisotopic (exact) mass is 441 g/mol. The van der Waals surface area contributed by atoms with Crippen LogP contribution in [0.1, 0.15) is 28.7 Å². The van der Waals surface area contributed by atoms with Crippen molar-refractivity contribution in [3.8, 4) is 23.6 Å². The molecule has 1 aliphatic rings. The Bertz CT molecular complexity index is 1500. The zero-order valence-electron chi connectivity index (χ0n) is 18.2. The van der Waals surface area contributed by atoms with E-state index in [2.05, 4.69) is 28.2 Å². The number of aliphatic imine (C=N–C) groups is 1. The molecule has 0 spiro atoms. The lowest BCUT2D eigenvalue weighted by molar-refractivity contribution is -0.115. The number of imidazole rings is 1. The van der Waals surface area contributed by atoms with Crippen LogP contribution in [-0.2, 0) is 11.2 Å². The summed E-state index contributed by atoms with van der Waals surface area (Å²) in [5.74, 6) is 6.14. The SMILES string of the molecule is N#CCc1cc2c(cc1C#Cc1ccccc1)NC(=O)CC(c1cccc(-n3ccnc3)c1)=N2. The van der Waals surface area contributed by atoms with Crippen LogP contribution in [0.3, 0.4) is 0 Å². The van der Waals surface area contributed by atoms with Crippen molar-refractivity contribution in [2.45, 2.75) is 12.8 Å². The minimum Gasteiger partial charge on any atom is -0.324 e. The summed E-state index contributed by atoms with van der Waals surface area (Å²) < 4.78 is 1.90. The molecule has 0 aliphatic carbocycles. The van der Waals surface area contributed by atoms with Gasteiger partial charge in [-0.1, -0.05) is 42.2 Å². The van der Waals surface area contributed by atoms with Gasteiger partial charge in [0.1, 0.15) is 0 Å². The molecule has 0 atom stereocenters. The Kier molecular flexibility index (Phi) is 5.71. The van der Waals surface area contributed by atoms with Crippen molar-refractivity contribution in [3.63, 3.8) is 0 Å². The van der Waals surface area contributed by atoms with Gasteiger partial charge in [0.15, 0.2) is 0 Å². The van der Waals surface area contributed by atoms with Gasteiger partial charge in [-0.15, -0.1) is 0 Å². The Morgan fingerprint density at radius 3 is 2.71 bits per heavy atom. The lowest BCUT2D eigenvalue weighted by Crippen LogP contribution is -2.15. The highest BCUT2D eigenvalue weighted by atomic mass is 16.1. The molecule has 1 aromatic heterocycles. The van der Waals surface area contributed by atoms with E-state index in [1.165, 1.54) is 0 Å². The van der Waals surface area contributed by atoms with Crippen LogP contribution in [0.25, 0.3) is 5.69 Å². The maximum absolute atomic E-state index is 12.7. The molecular formula is C28H19N5O. The van der Waals surface area contributed by atoms with Crippen molar-refractivity contribution in [2.75, 3.05) is 5.32 Å². The van der Waals surface area contributed by atoms with Crippen LogP contribution in [0.15, 0.2) is 90.4 Å². The van der Waals surface area contributed by atoms with Crippen molar-refractivity contribution in [3.05, 3.63) is 108 Å². The van der Waals surface area contributed by atoms with Gasteiger partial charge in [0.2, 0.25) is 5.91 Å². The molecule has 4 aromatic rings. The molecule has 5 rings (SSSR count). The minimum atomic E-state index is -0.152. The highest BCUT2D eigenvalue weighted by Crippen LogP contribution is 2.33. The van der Waals surface area contributed by atoms with Crippen LogP contribution in [0.4, 0.5) is 11.4 Å². The second-order valence-electron chi connectivity index (χ2n) is 7.78. The standard InChI is InChI=1S/C28H19N5O/c29-12-11-22-17-26-27(16-21(22)10-9-20-5-2-1-3-6-20)32-28(34)18-25(31-26)23-7-4-8-24(15-23)33-14-13-30-19-33/h1-8,13-17,19H,11,18H2,(H,32,34). The van der Waals surface area contributed by atoms with Crippen LogP contribution in [0.5, 0.6) is 0 Å². The van der Waals surface area contributed by atoms with Gasteiger partial charge in [0.05, 0.1) is 42.3 Å². The highest BCUT2D eigenvalue weighted by molar-refractivity contribution is 6.17. The smallest absolute Gasteiger partial charge is 0.230 e. The third-order valence-corrected chi connectivity index (χ3v) is 5.45. The zero-order valence-corrected chi connectivity index (χ0v) is 18.2. The summed E-state index contributed by atoms with van der Waals surface area (Å²) >= 11 is 0. The third kappa shape index (κ3) is 4.48. The topological polar surface area (TPSA) is 83.1 Å². The van der Waals surface area contributed by atoms with E-state index in [9.17, 15) is 10.1 Å². The number of benzene rings is 3. The molecule has 162 valence electrons. The van der Waals surface area contributed by atoms with Crippen LogP contribution in [-0.4, -0.2) is 21.2 Å². The predicted molar refractivity (Wildman–Crippen MR) is 131 cm³/mol. The predicted octanol–water partition coefficient (Wildman–Crippen LogP) is 4.80. The van der Waals surface area contributed by atoms with Crippen molar-refractivity contribution in [1.29, 1.82) is 5.26 Å². The van der Waals surface area contributed by atoms with Crippen molar-refractivity contribution < 1.29 is 4.79 Å². The molecule has 0 bridgehead atoms. The fourth-order valence-corrected chi connectivity index (χ4v) is 3.79. The summed E-state index contributed by atoms with van der Waals surface area (Å²) in [5, 5.41) is 12.3. The number of carbonyl (C=O) groups is 1.